The number of benzene rings is 2. The Kier molecular flexibility index (Phi) is 6.90. The number of ether oxygens (including phenoxy) is 2. The Labute approximate surface area is 200 Å². The number of halogens is 1. The SMILES string of the molecule is COC(=O)c1ccc(OC)c(N2CCN(c3ncnc(Nc4ccccc4F)c3[N+](=O)[O-])CC2)c1. The van der Waals surface area contributed by atoms with Gasteiger partial charge in [0.1, 0.15) is 17.9 Å². The van der Waals surface area contributed by atoms with Crippen molar-refractivity contribution >= 4 is 34.7 Å². The van der Waals surface area contributed by atoms with Crippen LogP contribution in [-0.4, -0.2) is 61.3 Å². The maximum atomic E-state index is 14.1. The van der Waals surface area contributed by atoms with Gasteiger partial charge in [-0.3, -0.25) is 10.1 Å². The zero-order valence-electron chi connectivity index (χ0n) is 19.1. The maximum Gasteiger partial charge on any atom is 0.353 e. The summed E-state index contributed by atoms with van der Waals surface area (Å²) in [7, 11) is 2.86. The molecule has 1 N–H and O–H groups in total. The number of para-hydroxylation sites is 1. The van der Waals surface area contributed by atoms with Gasteiger partial charge in [-0.2, -0.15) is 0 Å². The Hall–Kier alpha value is -4.48. The van der Waals surface area contributed by atoms with E-state index >= 15 is 0 Å². The standard InChI is InChI=1S/C23H23FN6O5/c1-34-19-8-7-15(23(31)35-2)13-18(19)28-9-11-29(12-10-28)22-20(30(32)33)21(25-14-26-22)27-17-6-4-3-5-16(17)24/h3-8,13-14H,9-12H2,1-2H3,(H,25,26,27). The molecular weight excluding hydrogens is 459 g/mol. The van der Waals surface area contributed by atoms with E-state index in [1.807, 2.05) is 4.90 Å². The number of methoxy groups -OCH3 is 2. The maximum absolute atomic E-state index is 14.1. The zero-order valence-corrected chi connectivity index (χ0v) is 19.1. The van der Waals surface area contributed by atoms with Crippen LogP contribution in [0.1, 0.15) is 10.4 Å². The van der Waals surface area contributed by atoms with Crippen molar-refractivity contribution in [3.05, 3.63) is 70.3 Å². The van der Waals surface area contributed by atoms with Crippen molar-refractivity contribution < 1.29 is 23.6 Å². The minimum atomic E-state index is -0.576. The van der Waals surface area contributed by atoms with E-state index in [0.717, 1.165) is 0 Å². The summed E-state index contributed by atoms with van der Waals surface area (Å²) in [6.07, 6.45) is 1.21. The molecule has 1 fully saturated rings. The number of carbonyl (C=O) groups is 1. The van der Waals surface area contributed by atoms with Crippen molar-refractivity contribution in [3.63, 3.8) is 0 Å². The molecular formula is C23H23FN6O5. The minimum absolute atomic E-state index is 0.0719. The van der Waals surface area contributed by atoms with Crippen molar-refractivity contribution in [2.75, 3.05) is 55.5 Å². The highest BCUT2D eigenvalue weighted by Gasteiger charge is 2.30. The van der Waals surface area contributed by atoms with Crippen LogP contribution < -0.4 is 19.9 Å². The average molecular weight is 482 g/mol. The van der Waals surface area contributed by atoms with Crippen LogP contribution >= 0.6 is 0 Å². The lowest BCUT2D eigenvalue weighted by molar-refractivity contribution is -0.383. The lowest BCUT2D eigenvalue weighted by atomic mass is 10.1. The molecule has 4 rings (SSSR count). The minimum Gasteiger partial charge on any atom is -0.495 e. The number of anilines is 4. The number of aromatic nitrogens is 2. The molecule has 1 aliphatic heterocycles. The molecule has 0 saturated carbocycles. The van der Waals surface area contributed by atoms with Gasteiger partial charge in [0.05, 0.1) is 36.1 Å². The van der Waals surface area contributed by atoms with Gasteiger partial charge < -0.3 is 24.6 Å². The molecule has 0 amide bonds. The van der Waals surface area contributed by atoms with Gasteiger partial charge in [0.25, 0.3) is 0 Å². The Morgan fingerprint density at radius 3 is 2.46 bits per heavy atom. The third kappa shape index (κ3) is 4.90. The summed E-state index contributed by atoms with van der Waals surface area (Å²) in [6, 6.07) is 10.9. The topological polar surface area (TPSA) is 123 Å². The number of carbonyl (C=O) groups excluding carboxylic acids is 1. The number of nitrogens with one attached hydrogen (secondary N) is 1. The highest BCUT2D eigenvalue weighted by Crippen LogP contribution is 2.36. The monoisotopic (exact) mass is 482 g/mol. The summed E-state index contributed by atoms with van der Waals surface area (Å²) in [5.74, 6) is -0.382. The van der Waals surface area contributed by atoms with E-state index in [0.29, 0.717) is 43.2 Å². The van der Waals surface area contributed by atoms with Crippen LogP contribution in [0.3, 0.4) is 0 Å². The van der Waals surface area contributed by atoms with Gasteiger partial charge in [-0.25, -0.2) is 19.2 Å². The summed E-state index contributed by atoms with van der Waals surface area (Å²) in [6.45, 7) is 1.78. The van der Waals surface area contributed by atoms with E-state index in [1.54, 1.807) is 36.3 Å². The summed E-state index contributed by atoms with van der Waals surface area (Å²) in [5, 5.41) is 14.7. The van der Waals surface area contributed by atoms with Gasteiger partial charge in [0.15, 0.2) is 0 Å². The molecule has 2 heterocycles. The fourth-order valence-electron chi connectivity index (χ4n) is 3.89. The van der Waals surface area contributed by atoms with Gasteiger partial charge in [-0.05, 0) is 30.3 Å². The third-order valence-electron chi connectivity index (χ3n) is 5.63. The van der Waals surface area contributed by atoms with Gasteiger partial charge in [-0.1, -0.05) is 12.1 Å². The Morgan fingerprint density at radius 1 is 1.09 bits per heavy atom. The molecule has 0 radical (unpaired) electrons. The van der Waals surface area contributed by atoms with Crippen LogP contribution in [0.25, 0.3) is 0 Å². The first-order valence-electron chi connectivity index (χ1n) is 10.7. The van der Waals surface area contributed by atoms with Gasteiger partial charge >= 0.3 is 11.7 Å². The smallest absolute Gasteiger partial charge is 0.353 e. The van der Waals surface area contributed by atoms with E-state index in [-0.39, 0.29) is 23.0 Å². The number of hydrogen-bond acceptors (Lipinski definition) is 10. The summed E-state index contributed by atoms with van der Waals surface area (Å²) >= 11 is 0. The Morgan fingerprint density at radius 2 is 1.80 bits per heavy atom. The molecule has 1 aromatic heterocycles. The molecule has 0 bridgehead atoms. The lowest BCUT2D eigenvalue weighted by Crippen LogP contribution is -2.47. The normalized spacial score (nSPS) is 13.3. The quantitative estimate of drug-likeness (QED) is 0.304. The molecule has 182 valence electrons. The molecule has 2 aromatic carbocycles. The third-order valence-corrected chi connectivity index (χ3v) is 5.63. The molecule has 12 heteroatoms. The van der Waals surface area contributed by atoms with Gasteiger partial charge in [0.2, 0.25) is 11.6 Å². The summed E-state index contributed by atoms with van der Waals surface area (Å²) in [5.41, 5.74) is 0.840. The first-order valence-corrected chi connectivity index (χ1v) is 10.7. The van der Waals surface area contributed by atoms with E-state index in [9.17, 15) is 19.3 Å². The van der Waals surface area contributed by atoms with Crippen LogP contribution in [-0.2, 0) is 4.74 Å². The second-order valence-electron chi connectivity index (χ2n) is 7.61. The number of esters is 1. The van der Waals surface area contributed by atoms with Crippen LogP contribution in [0, 0.1) is 15.9 Å². The lowest BCUT2D eigenvalue weighted by Gasteiger charge is -2.37. The van der Waals surface area contributed by atoms with Crippen LogP contribution in [0.5, 0.6) is 5.75 Å². The molecule has 35 heavy (non-hydrogen) atoms. The molecule has 11 nitrogen and oxygen atoms in total. The predicted octanol–water partition coefficient (Wildman–Crippen LogP) is 3.39. The predicted molar refractivity (Wildman–Crippen MR) is 127 cm³/mol. The largest absolute Gasteiger partial charge is 0.495 e. The number of rotatable bonds is 7. The van der Waals surface area contributed by atoms with E-state index in [2.05, 4.69) is 15.3 Å². The van der Waals surface area contributed by atoms with Crippen molar-refractivity contribution in [1.29, 1.82) is 0 Å². The van der Waals surface area contributed by atoms with Crippen molar-refractivity contribution in [1.82, 2.24) is 9.97 Å². The van der Waals surface area contributed by atoms with E-state index < -0.39 is 16.7 Å². The molecule has 1 saturated heterocycles. The van der Waals surface area contributed by atoms with Crippen molar-refractivity contribution in [2.24, 2.45) is 0 Å². The second-order valence-corrected chi connectivity index (χ2v) is 7.61. The zero-order chi connectivity index (χ0) is 24.9. The second kappa shape index (κ2) is 10.2. The van der Waals surface area contributed by atoms with Crippen LogP contribution in [0.4, 0.5) is 33.1 Å². The molecule has 0 unspecified atom stereocenters. The highest BCUT2D eigenvalue weighted by molar-refractivity contribution is 5.91. The van der Waals surface area contributed by atoms with E-state index in [1.165, 1.54) is 31.6 Å². The van der Waals surface area contributed by atoms with Gasteiger partial charge in [0, 0.05) is 26.2 Å². The van der Waals surface area contributed by atoms with Crippen molar-refractivity contribution in [3.8, 4) is 5.75 Å². The van der Waals surface area contributed by atoms with Crippen LogP contribution in [0.15, 0.2) is 48.8 Å². The molecule has 1 aliphatic rings. The molecule has 3 aromatic rings. The number of hydrogen-bond donors (Lipinski definition) is 1. The molecule has 0 atom stereocenters. The Bertz CT molecular complexity index is 1250. The number of nitrogens with zero attached hydrogens (tertiary/aromatic N) is 5. The first kappa shape index (κ1) is 23.7. The summed E-state index contributed by atoms with van der Waals surface area (Å²) in [4.78, 5) is 35.3. The first-order chi connectivity index (χ1) is 16.9. The number of piperazine rings is 1. The Balaban J connectivity index is 1.58. The molecule has 0 spiro atoms. The average Bonchev–Trinajstić information content (AvgIpc) is 2.89. The highest BCUT2D eigenvalue weighted by atomic mass is 19.1. The van der Waals surface area contributed by atoms with Crippen LogP contribution in [0.2, 0.25) is 0 Å². The fourth-order valence-corrected chi connectivity index (χ4v) is 3.89. The van der Waals surface area contributed by atoms with Gasteiger partial charge in [-0.15, -0.1) is 0 Å². The van der Waals surface area contributed by atoms with E-state index in [4.69, 9.17) is 9.47 Å². The fraction of sp³-hybridized carbons (Fsp3) is 0.261. The molecule has 0 aliphatic carbocycles. The number of nitro groups is 1. The summed E-state index contributed by atoms with van der Waals surface area (Å²) < 4.78 is 24.4. The van der Waals surface area contributed by atoms with Crippen molar-refractivity contribution in [2.45, 2.75) is 0 Å².